The van der Waals surface area contributed by atoms with E-state index in [1.165, 1.54) is 102 Å². The van der Waals surface area contributed by atoms with Crippen molar-refractivity contribution >= 4 is 17.0 Å². The van der Waals surface area contributed by atoms with Gasteiger partial charge in [-0.15, -0.1) is 17.0 Å². The molecule has 136 valence electrons. The SMILES string of the molecule is Br.CCCCCCCCCCCCCCCCC=C(C)C.N. The van der Waals surface area contributed by atoms with Gasteiger partial charge in [-0.3, -0.25) is 0 Å². The molecular weight excluding hydrogens is 334 g/mol. The Morgan fingerprint density at radius 1 is 0.591 bits per heavy atom. The third-order valence-electron chi connectivity index (χ3n) is 4.11. The van der Waals surface area contributed by atoms with Gasteiger partial charge >= 0.3 is 0 Å². The zero-order chi connectivity index (χ0) is 14.9. The van der Waals surface area contributed by atoms with E-state index >= 15 is 0 Å². The third kappa shape index (κ3) is 25.2. The van der Waals surface area contributed by atoms with Crippen LogP contribution in [0.2, 0.25) is 0 Å². The smallest absolute Gasteiger partial charge is 0.0348 e. The standard InChI is InChI=1S/C20H40.BrH.H3N/c1-4-5-6-7-8-9-10-11-12-13-14-15-16-17-18-19-20(2)3;;/h19H,4-18H2,1-3H3;1H;1H3. The Morgan fingerprint density at radius 3 is 1.23 bits per heavy atom. The molecule has 1 nitrogen and oxygen atoms in total. The number of hydrogen-bond acceptors (Lipinski definition) is 1. The van der Waals surface area contributed by atoms with Crippen LogP contribution in [0.1, 0.15) is 117 Å². The van der Waals surface area contributed by atoms with E-state index < -0.39 is 0 Å². The monoisotopic (exact) mass is 377 g/mol. The molecule has 0 radical (unpaired) electrons. The van der Waals surface area contributed by atoms with Crippen LogP contribution in [0.5, 0.6) is 0 Å². The highest BCUT2D eigenvalue weighted by molar-refractivity contribution is 8.93. The highest BCUT2D eigenvalue weighted by Crippen LogP contribution is 2.13. The lowest BCUT2D eigenvalue weighted by Gasteiger charge is -2.03. The lowest BCUT2D eigenvalue weighted by Crippen LogP contribution is -1.83. The first-order valence-electron chi connectivity index (χ1n) is 9.40. The van der Waals surface area contributed by atoms with Crippen LogP contribution in [0.3, 0.4) is 0 Å². The van der Waals surface area contributed by atoms with Crippen molar-refractivity contribution in [2.45, 2.75) is 117 Å². The molecule has 0 heterocycles. The van der Waals surface area contributed by atoms with Crippen molar-refractivity contribution in [2.75, 3.05) is 0 Å². The number of rotatable bonds is 15. The van der Waals surface area contributed by atoms with E-state index in [1.807, 2.05) is 0 Å². The van der Waals surface area contributed by atoms with Gasteiger partial charge in [0.15, 0.2) is 0 Å². The average molecular weight is 378 g/mol. The molecule has 0 rings (SSSR count). The predicted molar refractivity (Wildman–Crippen MR) is 110 cm³/mol. The number of unbranched alkanes of at least 4 members (excludes halogenated alkanes) is 14. The van der Waals surface area contributed by atoms with E-state index in [-0.39, 0.29) is 23.1 Å². The fraction of sp³-hybridized carbons (Fsp3) is 0.900. The van der Waals surface area contributed by atoms with Crippen LogP contribution < -0.4 is 6.15 Å². The van der Waals surface area contributed by atoms with E-state index in [2.05, 4.69) is 26.8 Å². The molecule has 0 atom stereocenters. The minimum atomic E-state index is 0. The Morgan fingerprint density at radius 2 is 0.909 bits per heavy atom. The maximum Gasteiger partial charge on any atom is -0.0348 e. The summed E-state index contributed by atoms with van der Waals surface area (Å²) < 4.78 is 0. The van der Waals surface area contributed by atoms with Crippen molar-refractivity contribution in [3.63, 3.8) is 0 Å². The summed E-state index contributed by atoms with van der Waals surface area (Å²) in [5.41, 5.74) is 1.47. The fourth-order valence-electron chi connectivity index (χ4n) is 2.73. The summed E-state index contributed by atoms with van der Waals surface area (Å²) in [6.07, 6.45) is 24.0. The molecule has 0 spiro atoms. The summed E-state index contributed by atoms with van der Waals surface area (Å²) in [5.74, 6) is 0. The molecule has 2 heteroatoms. The van der Waals surface area contributed by atoms with Gasteiger partial charge in [0.1, 0.15) is 0 Å². The Bertz CT molecular complexity index is 210. The van der Waals surface area contributed by atoms with Gasteiger partial charge in [0, 0.05) is 0 Å². The largest absolute Gasteiger partial charge is 0.344 e. The van der Waals surface area contributed by atoms with Gasteiger partial charge in [-0.2, -0.15) is 0 Å². The summed E-state index contributed by atoms with van der Waals surface area (Å²) in [6.45, 7) is 6.69. The molecule has 0 aromatic heterocycles. The Labute approximate surface area is 152 Å². The van der Waals surface area contributed by atoms with Crippen molar-refractivity contribution in [1.82, 2.24) is 6.15 Å². The highest BCUT2D eigenvalue weighted by atomic mass is 79.9. The second-order valence-electron chi connectivity index (χ2n) is 6.67. The predicted octanol–water partition coefficient (Wildman–Crippen LogP) is 8.56. The van der Waals surface area contributed by atoms with Crippen LogP contribution in [-0.4, -0.2) is 0 Å². The topological polar surface area (TPSA) is 35.0 Å². The van der Waals surface area contributed by atoms with Gasteiger partial charge in [-0.25, -0.2) is 0 Å². The average Bonchev–Trinajstić information content (AvgIpc) is 2.43. The van der Waals surface area contributed by atoms with Crippen LogP contribution in [-0.2, 0) is 0 Å². The van der Waals surface area contributed by atoms with Gasteiger partial charge in [0.2, 0.25) is 0 Å². The lowest BCUT2D eigenvalue weighted by molar-refractivity contribution is 0.536. The third-order valence-corrected chi connectivity index (χ3v) is 4.11. The summed E-state index contributed by atoms with van der Waals surface area (Å²) in [4.78, 5) is 0. The minimum Gasteiger partial charge on any atom is -0.344 e. The second kappa shape index (κ2) is 23.4. The van der Waals surface area contributed by atoms with Gasteiger partial charge in [0.25, 0.3) is 0 Å². The molecule has 0 fully saturated rings. The molecule has 0 unspecified atom stereocenters. The Hall–Kier alpha value is 0.180. The maximum atomic E-state index is 2.38. The minimum absolute atomic E-state index is 0. The molecule has 0 aliphatic carbocycles. The Balaban J connectivity index is -0.00000180. The highest BCUT2D eigenvalue weighted by Gasteiger charge is 1.93. The van der Waals surface area contributed by atoms with E-state index in [0.717, 1.165) is 0 Å². The van der Waals surface area contributed by atoms with E-state index in [4.69, 9.17) is 0 Å². The number of hydrogen-bond donors (Lipinski definition) is 1. The van der Waals surface area contributed by atoms with E-state index in [9.17, 15) is 0 Å². The molecular formula is C20H44BrN. The van der Waals surface area contributed by atoms with Crippen LogP contribution >= 0.6 is 17.0 Å². The molecule has 0 aliphatic rings. The van der Waals surface area contributed by atoms with Crippen LogP contribution in [0.25, 0.3) is 0 Å². The van der Waals surface area contributed by atoms with E-state index in [0.29, 0.717) is 0 Å². The quantitative estimate of drug-likeness (QED) is 0.225. The van der Waals surface area contributed by atoms with E-state index in [1.54, 1.807) is 0 Å². The molecule has 0 amide bonds. The normalized spacial score (nSPS) is 9.77. The molecule has 0 aromatic rings. The molecule has 0 aliphatic heterocycles. The van der Waals surface area contributed by atoms with Gasteiger partial charge in [-0.1, -0.05) is 102 Å². The Kier molecular flexibility index (Phi) is 28.8. The molecule has 0 saturated carbocycles. The molecule has 0 saturated heterocycles. The van der Waals surface area contributed by atoms with Crippen molar-refractivity contribution in [1.29, 1.82) is 0 Å². The summed E-state index contributed by atoms with van der Waals surface area (Å²) in [7, 11) is 0. The molecule has 0 bridgehead atoms. The van der Waals surface area contributed by atoms with Crippen LogP contribution in [0.15, 0.2) is 11.6 Å². The van der Waals surface area contributed by atoms with Crippen molar-refractivity contribution in [3.05, 3.63) is 11.6 Å². The molecule has 3 N–H and O–H groups in total. The zero-order valence-electron chi connectivity index (χ0n) is 15.8. The zero-order valence-corrected chi connectivity index (χ0v) is 17.5. The number of halogens is 1. The molecule has 0 aromatic carbocycles. The maximum absolute atomic E-state index is 2.38. The van der Waals surface area contributed by atoms with Gasteiger partial charge in [-0.05, 0) is 26.7 Å². The fourth-order valence-corrected chi connectivity index (χ4v) is 2.73. The molecule has 22 heavy (non-hydrogen) atoms. The van der Waals surface area contributed by atoms with Crippen LogP contribution in [0.4, 0.5) is 0 Å². The van der Waals surface area contributed by atoms with Crippen molar-refractivity contribution in [2.24, 2.45) is 0 Å². The first kappa shape index (κ1) is 27.0. The summed E-state index contributed by atoms with van der Waals surface area (Å²) in [6, 6.07) is 0. The summed E-state index contributed by atoms with van der Waals surface area (Å²) >= 11 is 0. The van der Waals surface area contributed by atoms with Crippen LogP contribution in [0, 0.1) is 0 Å². The summed E-state index contributed by atoms with van der Waals surface area (Å²) in [5, 5.41) is 0. The first-order valence-corrected chi connectivity index (χ1v) is 9.40. The van der Waals surface area contributed by atoms with Gasteiger partial charge < -0.3 is 6.15 Å². The lowest BCUT2D eigenvalue weighted by atomic mass is 10.0. The number of allylic oxidation sites excluding steroid dienone is 2. The van der Waals surface area contributed by atoms with Crippen molar-refractivity contribution in [3.8, 4) is 0 Å². The van der Waals surface area contributed by atoms with Gasteiger partial charge in [0.05, 0.1) is 0 Å². The second-order valence-corrected chi connectivity index (χ2v) is 6.67. The first-order chi connectivity index (χ1) is 9.77. The van der Waals surface area contributed by atoms with Crippen molar-refractivity contribution < 1.29 is 0 Å².